The summed E-state index contributed by atoms with van der Waals surface area (Å²) in [6.07, 6.45) is 3.29. The van der Waals surface area contributed by atoms with Crippen LogP contribution in [0, 0.1) is 6.92 Å². The van der Waals surface area contributed by atoms with Crippen molar-refractivity contribution in [1.29, 1.82) is 0 Å². The Morgan fingerprint density at radius 2 is 2.05 bits per heavy atom. The number of thiophene rings is 1. The van der Waals surface area contributed by atoms with Gasteiger partial charge < -0.3 is 10.7 Å². The molecule has 0 aliphatic heterocycles. The molecule has 0 bridgehead atoms. The second-order valence-corrected chi connectivity index (χ2v) is 7.84. The summed E-state index contributed by atoms with van der Waals surface area (Å²) in [5.74, 6) is 0. The van der Waals surface area contributed by atoms with Crippen LogP contribution in [0.5, 0.6) is 0 Å². The highest BCUT2D eigenvalue weighted by Crippen LogP contribution is 2.37. The van der Waals surface area contributed by atoms with Crippen LogP contribution >= 0.6 is 27.3 Å². The maximum atomic E-state index is 5.65. The average Bonchev–Trinajstić information content (AvgIpc) is 3.03. The molecule has 0 aliphatic carbocycles. The van der Waals surface area contributed by atoms with Crippen molar-refractivity contribution in [1.82, 2.24) is 4.98 Å². The van der Waals surface area contributed by atoms with Crippen molar-refractivity contribution in [2.24, 2.45) is 5.73 Å². The first kappa shape index (κ1) is 14.8. The van der Waals surface area contributed by atoms with E-state index in [2.05, 4.69) is 58.2 Å². The lowest BCUT2D eigenvalue weighted by molar-refractivity contribution is 0.748. The molecule has 21 heavy (non-hydrogen) atoms. The van der Waals surface area contributed by atoms with Crippen molar-refractivity contribution < 1.29 is 0 Å². The number of aryl methyl sites for hydroxylation is 2. The molecule has 0 spiro atoms. The number of halogens is 1. The maximum absolute atomic E-state index is 5.65. The van der Waals surface area contributed by atoms with Crippen molar-refractivity contribution in [3.05, 3.63) is 45.2 Å². The largest absolute Gasteiger partial charge is 0.354 e. The van der Waals surface area contributed by atoms with Gasteiger partial charge in [0.2, 0.25) is 0 Å². The molecule has 0 fully saturated rings. The van der Waals surface area contributed by atoms with Gasteiger partial charge in [0.05, 0.1) is 14.4 Å². The van der Waals surface area contributed by atoms with Crippen molar-refractivity contribution in [2.45, 2.75) is 26.2 Å². The number of rotatable bonds is 5. The number of nitrogens with one attached hydrogen (secondary N) is 1. The number of aromatic amines is 1. The zero-order valence-electron chi connectivity index (χ0n) is 12.1. The Morgan fingerprint density at radius 1 is 1.19 bits per heavy atom. The molecule has 1 aromatic carbocycles. The van der Waals surface area contributed by atoms with Gasteiger partial charge in [0.1, 0.15) is 0 Å². The third kappa shape index (κ3) is 3.07. The lowest BCUT2D eigenvalue weighted by atomic mass is 10.0. The van der Waals surface area contributed by atoms with E-state index in [0.717, 1.165) is 25.8 Å². The highest BCUT2D eigenvalue weighted by molar-refractivity contribution is 9.11. The number of benzene rings is 1. The number of hydrogen-bond acceptors (Lipinski definition) is 2. The van der Waals surface area contributed by atoms with Gasteiger partial charge in [0.15, 0.2) is 0 Å². The lowest BCUT2D eigenvalue weighted by Gasteiger charge is -2.03. The SMILES string of the molecule is Cc1ccc2[nH]c(-c3ccc(Br)s3)c(CCCCN)c2c1. The van der Waals surface area contributed by atoms with Crippen LogP contribution in [0.4, 0.5) is 0 Å². The van der Waals surface area contributed by atoms with E-state index in [9.17, 15) is 0 Å². The highest BCUT2D eigenvalue weighted by atomic mass is 79.9. The number of aromatic nitrogens is 1. The van der Waals surface area contributed by atoms with E-state index in [1.807, 2.05) is 0 Å². The second kappa shape index (κ2) is 6.34. The number of H-pyrrole nitrogens is 1. The summed E-state index contributed by atoms with van der Waals surface area (Å²) in [6, 6.07) is 10.9. The molecule has 0 radical (unpaired) electrons. The Kier molecular flexibility index (Phi) is 4.48. The van der Waals surface area contributed by atoms with Crippen LogP contribution in [0.25, 0.3) is 21.5 Å². The Hall–Kier alpha value is -1.10. The molecule has 3 N–H and O–H groups in total. The zero-order valence-corrected chi connectivity index (χ0v) is 14.5. The minimum Gasteiger partial charge on any atom is -0.354 e. The van der Waals surface area contributed by atoms with Gasteiger partial charge in [0.25, 0.3) is 0 Å². The summed E-state index contributed by atoms with van der Waals surface area (Å²) in [5.41, 5.74) is 10.9. The fourth-order valence-corrected chi connectivity index (χ4v) is 4.14. The van der Waals surface area contributed by atoms with E-state index in [0.29, 0.717) is 0 Å². The van der Waals surface area contributed by atoms with Gasteiger partial charge in [-0.05, 0) is 78.5 Å². The molecule has 0 amide bonds. The maximum Gasteiger partial charge on any atom is 0.0705 e. The Labute approximate surface area is 137 Å². The van der Waals surface area contributed by atoms with E-state index >= 15 is 0 Å². The van der Waals surface area contributed by atoms with Gasteiger partial charge in [-0.15, -0.1) is 11.3 Å². The molecule has 2 nitrogen and oxygen atoms in total. The molecule has 2 heterocycles. The fraction of sp³-hybridized carbons (Fsp3) is 0.294. The molecule has 0 saturated heterocycles. The van der Waals surface area contributed by atoms with Gasteiger partial charge in [-0.3, -0.25) is 0 Å². The van der Waals surface area contributed by atoms with Gasteiger partial charge in [-0.1, -0.05) is 11.6 Å². The summed E-state index contributed by atoms with van der Waals surface area (Å²) < 4.78 is 1.17. The predicted molar refractivity (Wildman–Crippen MR) is 96.0 cm³/mol. The van der Waals surface area contributed by atoms with E-state index in [1.165, 1.54) is 36.4 Å². The first-order valence-electron chi connectivity index (χ1n) is 7.26. The molecule has 4 heteroatoms. The summed E-state index contributed by atoms with van der Waals surface area (Å²) in [7, 11) is 0. The molecule has 0 atom stereocenters. The van der Waals surface area contributed by atoms with Crippen LogP contribution in [0.15, 0.2) is 34.1 Å². The standard InChI is InChI=1S/C17H19BrN2S/c1-11-5-6-14-13(10-11)12(4-2-3-9-19)17(20-14)15-7-8-16(18)21-15/h5-8,10,20H,2-4,9,19H2,1H3. The van der Waals surface area contributed by atoms with Crippen molar-refractivity contribution in [3.63, 3.8) is 0 Å². The normalized spacial score (nSPS) is 11.4. The smallest absolute Gasteiger partial charge is 0.0705 e. The van der Waals surface area contributed by atoms with Crippen LogP contribution in [-0.2, 0) is 6.42 Å². The molecular formula is C17H19BrN2S. The van der Waals surface area contributed by atoms with E-state index in [1.54, 1.807) is 11.3 Å². The minimum atomic E-state index is 0.765. The molecule has 0 unspecified atom stereocenters. The first-order chi connectivity index (χ1) is 10.2. The highest BCUT2D eigenvalue weighted by Gasteiger charge is 2.14. The number of hydrogen-bond donors (Lipinski definition) is 2. The molecule has 0 saturated carbocycles. The van der Waals surface area contributed by atoms with Gasteiger partial charge in [-0.25, -0.2) is 0 Å². The zero-order chi connectivity index (χ0) is 14.8. The van der Waals surface area contributed by atoms with Gasteiger partial charge in [-0.2, -0.15) is 0 Å². The fourth-order valence-electron chi connectivity index (χ4n) is 2.73. The topological polar surface area (TPSA) is 41.8 Å². The predicted octanol–water partition coefficient (Wildman–Crippen LogP) is 5.25. The van der Waals surface area contributed by atoms with Crippen molar-refractivity contribution in [2.75, 3.05) is 6.54 Å². The number of fused-ring (bicyclic) bond motifs is 1. The summed E-state index contributed by atoms with van der Waals surface area (Å²) in [4.78, 5) is 4.90. The molecule has 3 aromatic rings. The van der Waals surface area contributed by atoms with Crippen LogP contribution in [0.2, 0.25) is 0 Å². The van der Waals surface area contributed by atoms with Crippen molar-refractivity contribution in [3.8, 4) is 10.6 Å². The van der Waals surface area contributed by atoms with Gasteiger partial charge >= 0.3 is 0 Å². The van der Waals surface area contributed by atoms with Crippen LogP contribution < -0.4 is 5.73 Å². The van der Waals surface area contributed by atoms with Crippen molar-refractivity contribution >= 4 is 38.2 Å². The van der Waals surface area contributed by atoms with Crippen LogP contribution in [0.1, 0.15) is 24.0 Å². The van der Waals surface area contributed by atoms with Crippen LogP contribution in [-0.4, -0.2) is 11.5 Å². The molecule has 3 rings (SSSR count). The second-order valence-electron chi connectivity index (χ2n) is 5.38. The monoisotopic (exact) mass is 362 g/mol. The first-order valence-corrected chi connectivity index (χ1v) is 8.87. The average molecular weight is 363 g/mol. The minimum absolute atomic E-state index is 0.765. The molecular weight excluding hydrogens is 344 g/mol. The lowest BCUT2D eigenvalue weighted by Crippen LogP contribution is -1.99. The Balaban J connectivity index is 2.10. The Morgan fingerprint density at radius 3 is 2.76 bits per heavy atom. The van der Waals surface area contributed by atoms with E-state index < -0.39 is 0 Å². The van der Waals surface area contributed by atoms with E-state index in [-0.39, 0.29) is 0 Å². The molecule has 110 valence electrons. The van der Waals surface area contributed by atoms with Crippen LogP contribution in [0.3, 0.4) is 0 Å². The summed E-state index contributed by atoms with van der Waals surface area (Å²) >= 11 is 5.34. The van der Waals surface area contributed by atoms with Gasteiger partial charge in [0, 0.05) is 10.9 Å². The Bertz CT molecular complexity index is 757. The molecule has 2 aromatic heterocycles. The summed E-state index contributed by atoms with van der Waals surface area (Å²) in [5, 5.41) is 1.35. The quantitative estimate of drug-likeness (QED) is 0.598. The number of unbranched alkanes of at least 4 members (excludes halogenated alkanes) is 1. The number of nitrogens with two attached hydrogens (primary N) is 1. The summed E-state index contributed by atoms with van der Waals surface area (Å²) in [6.45, 7) is 2.92. The third-order valence-corrected chi connectivity index (χ3v) is 5.40. The third-order valence-electron chi connectivity index (χ3n) is 3.76. The van der Waals surface area contributed by atoms with E-state index in [4.69, 9.17) is 5.73 Å². The molecule has 0 aliphatic rings.